The van der Waals surface area contributed by atoms with E-state index >= 15 is 0 Å². The van der Waals surface area contributed by atoms with Gasteiger partial charge < -0.3 is 15.7 Å². The van der Waals surface area contributed by atoms with Gasteiger partial charge in [0.15, 0.2) is 0 Å². The molecule has 4 N–H and O–H groups in total. The molecule has 0 rings (SSSR count). The first-order chi connectivity index (χ1) is 6.16. The number of hydrogen-bond donors (Lipinski definition) is 3. The van der Waals surface area contributed by atoms with Crippen LogP contribution in [-0.4, -0.2) is 30.1 Å². The van der Waals surface area contributed by atoms with Crippen molar-refractivity contribution in [3.8, 4) is 0 Å². The van der Waals surface area contributed by atoms with Gasteiger partial charge >= 0.3 is 11.9 Å². The van der Waals surface area contributed by atoms with E-state index in [1.165, 1.54) is 0 Å². The molecule has 7 heteroatoms. The van der Waals surface area contributed by atoms with Crippen LogP contribution in [0.15, 0.2) is 0 Å². The van der Waals surface area contributed by atoms with Crippen LogP contribution in [0.2, 0.25) is 0 Å². The van der Waals surface area contributed by atoms with E-state index in [9.17, 15) is 9.59 Å². The number of nitrogens with two attached hydrogens (primary N) is 1. The number of nitrogens with one attached hydrogen (secondary N) is 1. The van der Waals surface area contributed by atoms with Crippen LogP contribution in [0, 0.1) is 0 Å². The van der Waals surface area contributed by atoms with Gasteiger partial charge in [0, 0.05) is 45.4 Å². The second-order valence-corrected chi connectivity index (χ2v) is 2.40. The Hall–Kier alpha value is -0.517. The summed E-state index contributed by atoms with van der Waals surface area (Å²) in [5.74, 6) is -1.38. The Bertz CT molecular complexity index is 177. The maximum absolute atomic E-state index is 10.8. The molecule has 0 aromatic carbocycles. The summed E-state index contributed by atoms with van der Waals surface area (Å²) >= 11 is 0. The summed E-state index contributed by atoms with van der Waals surface area (Å²) in [6.07, 6.45) is 0.369. The van der Waals surface area contributed by atoms with Crippen molar-refractivity contribution in [2.45, 2.75) is 19.3 Å². The van der Waals surface area contributed by atoms with E-state index < -0.39 is 11.9 Å². The topological polar surface area (TPSA) is 102 Å². The molecule has 0 unspecified atom stereocenters. The zero-order chi connectivity index (χ0) is 10.1. The number of hydroxylamine groups is 1. The molecule has 0 saturated heterocycles. The minimum absolute atomic E-state index is 0. The maximum atomic E-state index is 10.8. The molecule has 0 amide bonds. The Morgan fingerprint density at radius 2 is 2.00 bits per heavy atom. The molecule has 0 radical (unpaired) electrons. The fraction of sp³-hybridized carbons (Fsp3) is 0.714. The van der Waals surface area contributed by atoms with Gasteiger partial charge in [0.2, 0.25) is 0 Å². The Kier molecular flexibility index (Phi) is 12.0. The monoisotopic (exact) mass is 254 g/mol. The zero-order valence-electron chi connectivity index (χ0n) is 7.99. The normalized spacial score (nSPS) is 8.93. The summed E-state index contributed by atoms with van der Waals surface area (Å²) in [7, 11) is 0. The average molecular weight is 256 g/mol. The smallest absolute Gasteiger partial charge is 0.324 e. The Labute approximate surface area is 94.9 Å². The summed E-state index contributed by atoms with van der Waals surface area (Å²) in [5.41, 5.74) is 7.47. The van der Waals surface area contributed by atoms with Crippen LogP contribution in [0.3, 0.4) is 0 Å². The van der Waals surface area contributed by atoms with E-state index in [4.69, 9.17) is 10.8 Å². The van der Waals surface area contributed by atoms with Crippen LogP contribution in [0.1, 0.15) is 19.3 Å². The molecule has 0 aliphatic rings. The van der Waals surface area contributed by atoms with Crippen LogP contribution >= 0.6 is 0 Å². The predicted octanol–water partition coefficient (Wildman–Crippen LogP) is -0.755. The van der Waals surface area contributed by atoms with E-state index in [-0.39, 0.29) is 32.3 Å². The molecule has 0 saturated carbocycles. The van der Waals surface area contributed by atoms with Crippen molar-refractivity contribution in [1.82, 2.24) is 5.48 Å². The average Bonchev–Trinajstić information content (AvgIpc) is 2.04. The molecule has 0 aromatic heterocycles. The molecule has 0 aromatic rings. The van der Waals surface area contributed by atoms with Gasteiger partial charge in [-0.05, 0) is 6.42 Å². The third kappa shape index (κ3) is 11.5. The van der Waals surface area contributed by atoms with E-state index in [1.807, 2.05) is 0 Å². The van der Waals surface area contributed by atoms with Gasteiger partial charge in [0.1, 0.15) is 0 Å². The van der Waals surface area contributed by atoms with Crippen LogP contribution in [0.25, 0.3) is 0 Å². The third-order valence-corrected chi connectivity index (χ3v) is 1.20. The van der Waals surface area contributed by atoms with Gasteiger partial charge in [0.25, 0.3) is 0 Å². The van der Waals surface area contributed by atoms with E-state index in [1.54, 1.807) is 0 Å². The molecule has 14 heavy (non-hydrogen) atoms. The third-order valence-electron chi connectivity index (χ3n) is 1.20. The second-order valence-electron chi connectivity index (χ2n) is 2.40. The van der Waals surface area contributed by atoms with E-state index in [2.05, 4.69) is 10.3 Å². The largest absolute Gasteiger partial charge is 0.481 e. The summed E-state index contributed by atoms with van der Waals surface area (Å²) in [6, 6.07) is 0. The first-order valence-electron chi connectivity index (χ1n) is 4.01. The summed E-state index contributed by atoms with van der Waals surface area (Å²) in [5, 5.41) is 8.26. The SMILES string of the molecule is NCCNOC(=O)CCCC(=O)O.[Zn]. The predicted molar refractivity (Wildman–Crippen MR) is 44.6 cm³/mol. The van der Waals surface area contributed by atoms with Crippen LogP contribution in [-0.2, 0) is 33.9 Å². The number of carbonyl (C=O) groups is 2. The number of aliphatic carboxylic acids is 1. The van der Waals surface area contributed by atoms with Crippen molar-refractivity contribution in [2.24, 2.45) is 5.73 Å². The first kappa shape index (κ1) is 15.9. The maximum Gasteiger partial charge on any atom is 0.324 e. The number of carboxylic acid groups (broad SMARTS) is 1. The Morgan fingerprint density at radius 3 is 2.50 bits per heavy atom. The molecular weight excluding hydrogens is 241 g/mol. The minimum atomic E-state index is -0.914. The van der Waals surface area contributed by atoms with Crippen LogP contribution < -0.4 is 11.2 Å². The van der Waals surface area contributed by atoms with Gasteiger partial charge in [-0.1, -0.05) is 0 Å². The molecule has 0 heterocycles. The molecule has 0 fully saturated rings. The Morgan fingerprint density at radius 1 is 1.36 bits per heavy atom. The fourth-order valence-electron chi connectivity index (χ4n) is 0.625. The molecular formula is C7H14N2O4Zn. The van der Waals surface area contributed by atoms with Gasteiger partial charge in [-0.15, -0.1) is 0 Å². The summed E-state index contributed by atoms with van der Waals surface area (Å²) < 4.78 is 0. The van der Waals surface area contributed by atoms with Gasteiger partial charge in [0.05, 0.1) is 0 Å². The molecule has 0 aliphatic heterocycles. The number of rotatable bonds is 7. The van der Waals surface area contributed by atoms with Crippen molar-refractivity contribution < 1.29 is 39.0 Å². The van der Waals surface area contributed by atoms with E-state index in [0.717, 1.165) is 0 Å². The van der Waals surface area contributed by atoms with Gasteiger partial charge in [-0.2, -0.15) is 5.48 Å². The van der Waals surface area contributed by atoms with Gasteiger partial charge in [-0.25, -0.2) is 0 Å². The van der Waals surface area contributed by atoms with Gasteiger partial charge in [-0.3, -0.25) is 9.59 Å². The molecule has 0 aliphatic carbocycles. The van der Waals surface area contributed by atoms with Crippen molar-refractivity contribution in [3.05, 3.63) is 0 Å². The molecule has 6 nitrogen and oxygen atoms in total. The molecule has 0 atom stereocenters. The minimum Gasteiger partial charge on any atom is -0.481 e. The van der Waals surface area contributed by atoms with E-state index in [0.29, 0.717) is 19.5 Å². The van der Waals surface area contributed by atoms with Crippen molar-refractivity contribution in [2.75, 3.05) is 13.1 Å². The number of carboxylic acids is 1. The quantitative estimate of drug-likeness (QED) is 0.314. The molecule has 0 bridgehead atoms. The Balaban J connectivity index is 0. The summed E-state index contributed by atoms with van der Waals surface area (Å²) in [4.78, 5) is 25.3. The fourth-order valence-corrected chi connectivity index (χ4v) is 0.625. The number of hydrogen-bond acceptors (Lipinski definition) is 5. The summed E-state index contributed by atoms with van der Waals surface area (Å²) in [6.45, 7) is 0.771. The van der Waals surface area contributed by atoms with Crippen LogP contribution in [0.5, 0.6) is 0 Å². The standard InChI is InChI=1S/C7H14N2O4.Zn/c8-4-5-9-13-7(12)3-1-2-6(10)11;/h9H,1-5,8H2,(H,10,11);. The molecule has 0 spiro atoms. The zero-order valence-corrected chi connectivity index (χ0v) is 11.0. The molecule has 78 valence electrons. The first-order valence-corrected chi connectivity index (χ1v) is 4.01. The second kappa shape index (κ2) is 10.6. The van der Waals surface area contributed by atoms with Crippen molar-refractivity contribution >= 4 is 11.9 Å². The van der Waals surface area contributed by atoms with Crippen molar-refractivity contribution in [3.63, 3.8) is 0 Å². The number of carbonyl (C=O) groups excluding carboxylic acids is 1. The van der Waals surface area contributed by atoms with Crippen molar-refractivity contribution in [1.29, 1.82) is 0 Å². The van der Waals surface area contributed by atoms with Crippen LogP contribution in [0.4, 0.5) is 0 Å².